The van der Waals surface area contributed by atoms with E-state index >= 15 is 0 Å². The highest BCUT2D eigenvalue weighted by molar-refractivity contribution is 5.74. The predicted octanol–water partition coefficient (Wildman–Crippen LogP) is 2.12. The first-order valence-corrected chi connectivity index (χ1v) is 6.15. The standard InChI is InChI=1S/C12H21NO2/c1-2-5-12(11(14)15)6-8-13(9-7-12)10-3-4-10/h10H,2-9H2,1H3,(H,14,15). The van der Waals surface area contributed by atoms with Crippen molar-refractivity contribution in [3.05, 3.63) is 0 Å². The van der Waals surface area contributed by atoms with Gasteiger partial charge in [-0.15, -0.1) is 0 Å². The van der Waals surface area contributed by atoms with Gasteiger partial charge in [0.2, 0.25) is 0 Å². The molecule has 2 aliphatic rings. The highest BCUT2D eigenvalue weighted by Gasteiger charge is 2.43. The molecule has 0 radical (unpaired) electrons. The number of likely N-dealkylation sites (tertiary alicyclic amines) is 1. The van der Waals surface area contributed by atoms with Crippen LogP contribution < -0.4 is 0 Å². The molecular formula is C12H21NO2. The smallest absolute Gasteiger partial charge is 0.309 e. The molecule has 86 valence electrons. The van der Waals surface area contributed by atoms with Crippen LogP contribution in [0.15, 0.2) is 0 Å². The summed E-state index contributed by atoms with van der Waals surface area (Å²) in [5, 5.41) is 9.34. The van der Waals surface area contributed by atoms with E-state index in [-0.39, 0.29) is 0 Å². The quantitative estimate of drug-likeness (QED) is 0.774. The Labute approximate surface area is 91.5 Å². The normalized spacial score (nSPS) is 26.5. The predicted molar refractivity (Wildman–Crippen MR) is 58.8 cm³/mol. The summed E-state index contributed by atoms with van der Waals surface area (Å²) in [6.45, 7) is 4.08. The zero-order valence-corrected chi connectivity index (χ0v) is 9.54. The Balaban J connectivity index is 1.94. The molecule has 3 heteroatoms. The van der Waals surface area contributed by atoms with Crippen molar-refractivity contribution in [1.82, 2.24) is 4.90 Å². The highest BCUT2D eigenvalue weighted by atomic mass is 16.4. The van der Waals surface area contributed by atoms with E-state index in [0.717, 1.165) is 44.8 Å². The third-order valence-corrected chi connectivity index (χ3v) is 4.00. The molecule has 1 N–H and O–H groups in total. The number of rotatable bonds is 4. The fraction of sp³-hybridized carbons (Fsp3) is 0.917. The van der Waals surface area contributed by atoms with E-state index in [1.807, 2.05) is 0 Å². The lowest BCUT2D eigenvalue weighted by Gasteiger charge is -2.39. The third kappa shape index (κ3) is 2.17. The van der Waals surface area contributed by atoms with Gasteiger partial charge in [0.25, 0.3) is 0 Å². The zero-order chi connectivity index (χ0) is 10.9. The largest absolute Gasteiger partial charge is 0.481 e. The summed E-state index contributed by atoms with van der Waals surface area (Å²) in [6.07, 6.45) is 6.19. The monoisotopic (exact) mass is 211 g/mol. The Morgan fingerprint density at radius 2 is 2.00 bits per heavy atom. The number of hydrogen-bond acceptors (Lipinski definition) is 2. The summed E-state index contributed by atoms with van der Waals surface area (Å²) in [5.74, 6) is -0.570. The molecule has 0 unspecified atom stereocenters. The van der Waals surface area contributed by atoms with Crippen LogP contribution in [-0.4, -0.2) is 35.1 Å². The minimum absolute atomic E-state index is 0.403. The van der Waals surface area contributed by atoms with Crippen molar-refractivity contribution < 1.29 is 9.90 Å². The molecule has 2 rings (SSSR count). The number of carboxylic acid groups (broad SMARTS) is 1. The molecule has 3 nitrogen and oxygen atoms in total. The molecule has 15 heavy (non-hydrogen) atoms. The van der Waals surface area contributed by atoms with Crippen LogP contribution in [0.2, 0.25) is 0 Å². The first-order valence-electron chi connectivity index (χ1n) is 6.15. The molecule has 0 aromatic heterocycles. The van der Waals surface area contributed by atoms with Crippen molar-refractivity contribution in [3.8, 4) is 0 Å². The van der Waals surface area contributed by atoms with Gasteiger partial charge in [0.1, 0.15) is 0 Å². The van der Waals surface area contributed by atoms with Crippen molar-refractivity contribution in [2.75, 3.05) is 13.1 Å². The van der Waals surface area contributed by atoms with Gasteiger partial charge in [0.05, 0.1) is 5.41 Å². The summed E-state index contributed by atoms with van der Waals surface area (Å²) < 4.78 is 0. The van der Waals surface area contributed by atoms with Crippen LogP contribution >= 0.6 is 0 Å². The zero-order valence-electron chi connectivity index (χ0n) is 9.54. The molecule has 2 fully saturated rings. The summed E-state index contributed by atoms with van der Waals surface area (Å²) >= 11 is 0. The van der Waals surface area contributed by atoms with Crippen molar-refractivity contribution in [2.45, 2.75) is 51.5 Å². The molecule has 1 heterocycles. The maximum Gasteiger partial charge on any atom is 0.309 e. The number of piperidine rings is 1. The molecule has 1 aliphatic heterocycles. The Hall–Kier alpha value is -0.570. The van der Waals surface area contributed by atoms with Gasteiger partial charge in [0.15, 0.2) is 0 Å². The Morgan fingerprint density at radius 1 is 1.40 bits per heavy atom. The van der Waals surface area contributed by atoms with E-state index in [1.165, 1.54) is 12.8 Å². The Morgan fingerprint density at radius 3 is 2.40 bits per heavy atom. The molecule has 0 spiro atoms. The van der Waals surface area contributed by atoms with Crippen LogP contribution in [0, 0.1) is 5.41 Å². The first kappa shape index (κ1) is 10.9. The molecule has 0 atom stereocenters. The summed E-state index contributed by atoms with van der Waals surface area (Å²) in [7, 11) is 0. The molecule has 0 aromatic carbocycles. The highest BCUT2D eigenvalue weighted by Crippen LogP contribution is 2.39. The first-order chi connectivity index (χ1) is 7.18. The lowest BCUT2D eigenvalue weighted by atomic mass is 9.75. The van der Waals surface area contributed by atoms with Crippen LogP contribution in [0.4, 0.5) is 0 Å². The molecule has 1 saturated carbocycles. The Bertz CT molecular complexity index is 240. The summed E-state index contributed by atoms with van der Waals surface area (Å²) in [6, 6.07) is 0.790. The molecular weight excluding hydrogens is 190 g/mol. The van der Waals surface area contributed by atoms with Crippen LogP contribution in [-0.2, 0) is 4.79 Å². The van der Waals surface area contributed by atoms with Crippen molar-refractivity contribution >= 4 is 5.97 Å². The second kappa shape index (κ2) is 4.12. The van der Waals surface area contributed by atoms with E-state index in [0.29, 0.717) is 0 Å². The molecule has 0 bridgehead atoms. The van der Waals surface area contributed by atoms with Gasteiger partial charge in [-0.05, 0) is 45.2 Å². The van der Waals surface area contributed by atoms with Crippen LogP contribution in [0.3, 0.4) is 0 Å². The van der Waals surface area contributed by atoms with Crippen LogP contribution in [0.5, 0.6) is 0 Å². The van der Waals surface area contributed by atoms with Gasteiger partial charge >= 0.3 is 5.97 Å². The molecule has 0 aromatic rings. The van der Waals surface area contributed by atoms with E-state index < -0.39 is 11.4 Å². The molecule has 1 saturated heterocycles. The number of carboxylic acids is 1. The average molecular weight is 211 g/mol. The van der Waals surface area contributed by atoms with Gasteiger partial charge in [-0.25, -0.2) is 0 Å². The van der Waals surface area contributed by atoms with E-state index in [4.69, 9.17) is 0 Å². The van der Waals surface area contributed by atoms with Gasteiger partial charge in [-0.2, -0.15) is 0 Å². The second-order valence-corrected chi connectivity index (χ2v) is 5.10. The van der Waals surface area contributed by atoms with Gasteiger partial charge in [-0.1, -0.05) is 13.3 Å². The van der Waals surface area contributed by atoms with Crippen LogP contribution in [0.1, 0.15) is 45.4 Å². The van der Waals surface area contributed by atoms with Gasteiger partial charge in [-0.3, -0.25) is 4.79 Å². The lowest BCUT2D eigenvalue weighted by Crippen LogP contribution is -2.45. The SMILES string of the molecule is CCCC1(C(=O)O)CCN(C2CC2)CC1. The van der Waals surface area contributed by atoms with Crippen molar-refractivity contribution in [1.29, 1.82) is 0 Å². The fourth-order valence-corrected chi connectivity index (χ4v) is 2.81. The third-order valence-electron chi connectivity index (χ3n) is 4.00. The molecule has 1 aliphatic carbocycles. The average Bonchev–Trinajstić information content (AvgIpc) is 3.02. The van der Waals surface area contributed by atoms with Crippen LogP contribution in [0.25, 0.3) is 0 Å². The number of nitrogens with zero attached hydrogens (tertiary/aromatic N) is 1. The number of aliphatic carboxylic acids is 1. The van der Waals surface area contributed by atoms with E-state index in [9.17, 15) is 9.90 Å². The van der Waals surface area contributed by atoms with Crippen molar-refractivity contribution in [3.63, 3.8) is 0 Å². The second-order valence-electron chi connectivity index (χ2n) is 5.10. The van der Waals surface area contributed by atoms with E-state index in [1.54, 1.807) is 0 Å². The minimum Gasteiger partial charge on any atom is -0.481 e. The fourth-order valence-electron chi connectivity index (χ4n) is 2.81. The maximum absolute atomic E-state index is 11.3. The molecule has 0 amide bonds. The van der Waals surface area contributed by atoms with Gasteiger partial charge in [0, 0.05) is 6.04 Å². The lowest BCUT2D eigenvalue weighted by molar-refractivity contribution is -0.152. The van der Waals surface area contributed by atoms with E-state index in [2.05, 4.69) is 11.8 Å². The summed E-state index contributed by atoms with van der Waals surface area (Å²) in [4.78, 5) is 13.8. The van der Waals surface area contributed by atoms with Gasteiger partial charge < -0.3 is 10.0 Å². The Kier molecular flexibility index (Phi) is 3.01. The number of carbonyl (C=O) groups is 1. The maximum atomic E-state index is 11.3. The summed E-state index contributed by atoms with van der Waals surface area (Å²) in [5.41, 5.74) is -0.403. The van der Waals surface area contributed by atoms with Crippen molar-refractivity contribution in [2.24, 2.45) is 5.41 Å². The number of hydrogen-bond donors (Lipinski definition) is 1. The topological polar surface area (TPSA) is 40.5 Å². The minimum atomic E-state index is -0.570.